The lowest BCUT2D eigenvalue weighted by Gasteiger charge is -2.12. The topological polar surface area (TPSA) is 101 Å². The average molecular weight is 475 g/mol. The number of benzene rings is 1. The molecular weight excluding hydrogens is 452 g/mol. The molecule has 2 aromatic rings. The Bertz CT molecular complexity index is 1050. The number of hydrogen-bond acceptors (Lipinski definition) is 6. The van der Waals surface area contributed by atoms with Crippen molar-refractivity contribution in [1.29, 1.82) is 5.26 Å². The standard InChI is InChI=1S/C22H23BrN2O5/c1-6-29-21-16(23)9-14(10-17(21)28-5)8-15(11-24)20(26)18-12(3)25-13(4)19(18)22(27)30-7-2/h8-10,25H,6-7H2,1-5H3. The third kappa shape index (κ3) is 4.74. The number of carbonyl (C=O) groups excluding carboxylic acids is 2. The van der Waals surface area contributed by atoms with Gasteiger partial charge in [-0.1, -0.05) is 0 Å². The second-order valence-corrected chi connectivity index (χ2v) is 7.17. The minimum atomic E-state index is -0.606. The van der Waals surface area contributed by atoms with Crippen molar-refractivity contribution in [2.75, 3.05) is 20.3 Å². The Balaban J connectivity index is 2.56. The number of methoxy groups -OCH3 is 1. The fourth-order valence-corrected chi connectivity index (χ4v) is 3.66. The summed E-state index contributed by atoms with van der Waals surface area (Å²) in [5, 5.41) is 9.65. The summed E-state index contributed by atoms with van der Waals surface area (Å²) >= 11 is 3.43. The molecule has 7 nitrogen and oxygen atoms in total. The van der Waals surface area contributed by atoms with E-state index in [-0.39, 0.29) is 23.3 Å². The number of ketones is 1. The molecule has 1 aromatic carbocycles. The first kappa shape index (κ1) is 23.2. The van der Waals surface area contributed by atoms with Crippen molar-refractivity contribution < 1.29 is 23.8 Å². The Morgan fingerprint density at radius 3 is 2.40 bits per heavy atom. The second-order valence-electron chi connectivity index (χ2n) is 6.31. The molecule has 0 saturated heterocycles. The Morgan fingerprint density at radius 2 is 1.83 bits per heavy atom. The van der Waals surface area contributed by atoms with Crippen LogP contribution in [0, 0.1) is 25.2 Å². The van der Waals surface area contributed by atoms with E-state index in [1.807, 2.05) is 13.0 Å². The normalized spacial score (nSPS) is 11.0. The molecule has 1 heterocycles. The maximum absolute atomic E-state index is 13.2. The van der Waals surface area contributed by atoms with Crippen LogP contribution < -0.4 is 9.47 Å². The number of H-pyrrole nitrogens is 1. The van der Waals surface area contributed by atoms with Crippen LogP contribution in [0.15, 0.2) is 22.2 Å². The van der Waals surface area contributed by atoms with Crippen molar-refractivity contribution in [2.24, 2.45) is 0 Å². The molecule has 0 aliphatic carbocycles. The van der Waals surface area contributed by atoms with E-state index < -0.39 is 11.8 Å². The molecule has 0 spiro atoms. The van der Waals surface area contributed by atoms with E-state index in [0.717, 1.165) is 0 Å². The first-order valence-electron chi connectivity index (χ1n) is 9.32. The lowest BCUT2D eigenvalue weighted by Crippen LogP contribution is -2.13. The fourth-order valence-electron chi connectivity index (χ4n) is 3.08. The van der Waals surface area contributed by atoms with E-state index >= 15 is 0 Å². The molecule has 158 valence electrons. The van der Waals surface area contributed by atoms with Crippen LogP contribution in [-0.4, -0.2) is 37.1 Å². The molecule has 2 rings (SSSR count). The number of nitrogens with zero attached hydrogens (tertiary/aromatic N) is 1. The zero-order valence-electron chi connectivity index (χ0n) is 17.5. The molecule has 0 aliphatic heterocycles. The molecule has 0 bridgehead atoms. The average Bonchev–Trinajstić information content (AvgIpc) is 3.01. The molecule has 1 aromatic heterocycles. The highest BCUT2D eigenvalue weighted by molar-refractivity contribution is 9.10. The fraction of sp³-hybridized carbons (Fsp3) is 0.318. The number of aromatic nitrogens is 1. The molecular formula is C22H23BrN2O5. The second kappa shape index (κ2) is 10.1. The quantitative estimate of drug-likeness (QED) is 0.256. The van der Waals surface area contributed by atoms with Crippen molar-refractivity contribution in [3.8, 4) is 17.6 Å². The van der Waals surface area contributed by atoms with Gasteiger partial charge in [-0.25, -0.2) is 4.79 Å². The van der Waals surface area contributed by atoms with Crippen molar-refractivity contribution in [3.05, 3.63) is 50.3 Å². The Hall–Kier alpha value is -3.05. The molecule has 1 N–H and O–H groups in total. The first-order valence-corrected chi connectivity index (χ1v) is 10.1. The molecule has 0 unspecified atom stereocenters. The van der Waals surface area contributed by atoms with Crippen LogP contribution in [0.25, 0.3) is 6.08 Å². The van der Waals surface area contributed by atoms with Gasteiger partial charge >= 0.3 is 5.97 Å². The maximum Gasteiger partial charge on any atom is 0.340 e. The van der Waals surface area contributed by atoms with Crippen LogP contribution in [0.5, 0.6) is 11.5 Å². The SMILES string of the molecule is CCOC(=O)c1c(C)[nH]c(C)c1C(=O)C(C#N)=Cc1cc(Br)c(OCC)c(OC)c1. The Labute approximate surface area is 183 Å². The van der Waals surface area contributed by atoms with Crippen molar-refractivity contribution >= 4 is 33.8 Å². The highest BCUT2D eigenvalue weighted by Gasteiger charge is 2.27. The Morgan fingerprint density at radius 1 is 1.17 bits per heavy atom. The number of rotatable bonds is 8. The number of hydrogen-bond donors (Lipinski definition) is 1. The van der Waals surface area contributed by atoms with Gasteiger partial charge in [0.1, 0.15) is 11.6 Å². The van der Waals surface area contributed by atoms with Gasteiger partial charge in [-0.05, 0) is 67.4 Å². The number of allylic oxidation sites excluding steroid dienone is 1. The Kier molecular flexibility index (Phi) is 7.84. The summed E-state index contributed by atoms with van der Waals surface area (Å²) in [5.41, 5.74) is 1.72. The summed E-state index contributed by atoms with van der Waals surface area (Å²) in [6, 6.07) is 5.33. The van der Waals surface area contributed by atoms with Gasteiger partial charge in [0, 0.05) is 11.4 Å². The number of halogens is 1. The van der Waals surface area contributed by atoms with Crippen LogP contribution in [0.2, 0.25) is 0 Å². The van der Waals surface area contributed by atoms with Gasteiger partial charge in [-0.2, -0.15) is 5.26 Å². The van der Waals surface area contributed by atoms with E-state index in [9.17, 15) is 14.9 Å². The monoisotopic (exact) mass is 474 g/mol. The summed E-state index contributed by atoms with van der Waals surface area (Å²) in [4.78, 5) is 28.5. The minimum Gasteiger partial charge on any atom is -0.493 e. The van der Waals surface area contributed by atoms with Crippen molar-refractivity contribution in [1.82, 2.24) is 4.98 Å². The number of carbonyl (C=O) groups is 2. The van der Waals surface area contributed by atoms with E-state index in [1.54, 1.807) is 32.9 Å². The van der Waals surface area contributed by atoms with Gasteiger partial charge in [-0.3, -0.25) is 4.79 Å². The van der Waals surface area contributed by atoms with Gasteiger partial charge < -0.3 is 19.2 Å². The lowest BCUT2D eigenvalue weighted by atomic mass is 9.98. The number of nitriles is 1. The largest absolute Gasteiger partial charge is 0.493 e. The van der Waals surface area contributed by atoms with Gasteiger partial charge in [0.2, 0.25) is 5.78 Å². The number of aromatic amines is 1. The van der Waals surface area contributed by atoms with Gasteiger partial charge in [0.15, 0.2) is 11.5 Å². The molecule has 0 amide bonds. The first-order chi connectivity index (χ1) is 14.3. The van der Waals surface area contributed by atoms with E-state index in [4.69, 9.17) is 14.2 Å². The molecule has 0 aliphatic rings. The van der Waals surface area contributed by atoms with E-state index in [1.165, 1.54) is 13.2 Å². The lowest BCUT2D eigenvalue weighted by molar-refractivity contribution is 0.0523. The molecule has 30 heavy (non-hydrogen) atoms. The molecule has 8 heteroatoms. The molecule has 0 atom stereocenters. The number of ether oxygens (including phenoxy) is 3. The highest BCUT2D eigenvalue weighted by atomic mass is 79.9. The third-order valence-corrected chi connectivity index (χ3v) is 4.89. The summed E-state index contributed by atoms with van der Waals surface area (Å²) in [5.74, 6) is -0.177. The smallest absolute Gasteiger partial charge is 0.340 e. The summed E-state index contributed by atoms with van der Waals surface area (Å²) < 4.78 is 16.6. The zero-order chi connectivity index (χ0) is 22.4. The predicted molar refractivity (Wildman–Crippen MR) is 116 cm³/mol. The molecule has 0 fully saturated rings. The zero-order valence-corrected chi connectivity index (χ0v) is 19.1. The van der Waals surface area contributed by atoms with Crippen LogP contribution >= 0.6 is 15.9 Å². The minimum absolute atomic E-state index is 0.124. The third-order valence-electron chi connectivity index (χ3n) is 4.30. The van der Waals surface area contributed by atoms with Crippen LogP contribution in [0.3, 0.4) is 0 Å². The number of Topliss-reactive ketones (excluding diaryl/α,β-unsaturated/α-hetero) is 1. The number of nitrogens with one attached hydrogen (secondary N) is 1. The summed E-state index contributed by atoms with van der Waals surface area (Å²) in [7, 11) is 1.51. The van der Waals surface area contributed by atoms with E-state index in [0.29, 0.717) is 39.5 Å². The molecule has 0 saturated carbocycles. The van der Waals surface area contributed by atoms with Gasteiger partial charge in [0.05, 0.1) is 35.9 Å². The molecule has 0 radical (unpaired) electrons. The van der Waals surface area contributed by atoms with Crippen LogP contribution in [0.1, 0.15) is 51.5 Å². The highest BCUT2D eigenvalue weighted by Crippen LogP contribution is 2.37. The van der Waals surface area contributed by atoms with E-state index in [2.05, 4.69) is 20.9 Å². The van der Waals surface area contributed by atoms with Crippen molar-refractivity contribution in [3.63, 3.8) is 0 Å². The van der Waals surface area contributed by atoms with Crippen molar-refractivity contribution in [2.45, 2.75) is 27.7 Å². The number of esters is 1. The number of aryl methyl sites for hydroxylation is 2. The van der Waals surface area contributed by atoms with Gasteiger partial charge in [-0.15, -0.1) is 0 Å². The van der Waals surface area contributed by atoms with Gasteiger partial charge in [0.25, 0.3) is 0 Å². The summed E-state index contributed by atoms with van der Waals surface area (Å²) in [6.45, 7) is 7.53. The van der Waals surface area contributed by atoms with Crippen LogP contribution in [-0.2, 0) is 4.74 Å². The summed E-state index contributed by atoms with van der Waals surface area (Å²) in [6.07, 6.45) is 1.45. The predicted octanol–water partition coefficient (Wildman–Crippen LogP) is 4.77. The maximum atomic E-state index is 13.2. The van der Waals surface area contributed by atoms with Crippen LogP contribution in [0.4, 0.5) is 0 Å².